The number of hydrogen-bond donors (Lipinski definition) is 2. The van der Waals surface area contributed by atoms with Crippen molar-refractivity contribution in [2.75, 3.05) is 17.7 Å². The van der Waals surface area contributed by atoms with Crippen LogP contribution in [0.5, 0.6) is 5.75 Å². The Labute approximate surface area is 172 Å². The fraction of sp³-hybridized carbons (Fsp3) is 0.167. The number of ether oxygens (including phenoxy) is 1. The van der Waals surface area contributed by atoms with E-state index in [0.717, 1.165) is 19.0 Å². The average molecular weight is 467 g/mol. The predicted molar refractivity (Wildman–Crippen MR) is 111 cm³/mol. The quantitative estimate of drug-likeness (QED) is 0.405. The molecule has 1 aromatic heterocycles. The van der Waals surface area contributed by atoms with E-state index in [1.54, 1.807) is 13.0 Å². The second kappa shape index (κ2) is 8.73. The number of phenols is 1. The van der Waals surface area contributed by atoms with Gasteiger partial charge in [0.25, 0.3) is 0 Å². The minimum Gasteiger partial charge on any atom is -0.507 e. The number of esters is 1. The number of fused-ring (bicyclic) bond motifs is 1. The molecule has 0 radical (unpaired) electrons. The van der Waals surface area contributed by atoms with Crippen LogP contribution in [-0.2, 0) is 9.53 Å². The van der Waals surface area contributed by atoms with Crippen molar-refractivity contribution in [3.8, 4) is 5.75 Å². The minimum absolute atomic E-state index is 0.0601. The van der Waals surface area contributed by atoms with Gasteiger partial charge in [-0.25, -0.2) is 9.78 Å². The van der Waals surface area contributed by atoms with E-state index in [9.17, 15) is 14.7 Å². The highest BCUT2D eigenvalue weighted by molar-refractivity contribution is 9.10. The van der Waals surface area contributed by atoms with Gasteiger partial charge in [0.2, 0.25) is 5.91 Å². The predicted octanol–water partition coefficient (Wildman–Crippen LogP) is 4.67. The van der Waals surface area contributed by atoms with Gasteiger partial charge in [-0.1, -0.05) is 27.7 Å². The molecule has 0 saturated carbocycles. The summed E-state index contributed by atoms with van der Waals surface area (Å²) in [7, 11) is 0. The van der Waals surface area contributed by atoms with Crippen LogP contribution < -0.4 is 5.32 Å². The smallest absolute Gasteiger partial charge is 0.341 e. The second-order valence-electron chi connectivity index (χ2n) is 5.38. The number of nitrogens with one attached hydrogen (secondary N) is 1. The molecule has 140 valence electrons. The van der Waals surface area contributed by atoms with Gasteiger partial charge in [0.15, 0.2) is 4.34 Å². The SMILES string of the molecule is CCOC(=O)c1ccc(NC(=O)CSc2nc3ccc(Br)cc3s2)cc1O. The number of carbonyl (C=O) groups is 2. The van der Waals surface area contributed by atoms with Crippen molar-refractivity contribution < 1.29 is 19.4 Å². The Kier molecular flexibility index (Phi) is 6.35. The van der Waals surface area contributed by atoms with Gasteiger partial charge in [-0.3, -0.25) is 4.79 Å². The fourth-order valence-corrected chi connectivity index (χ4v) is 4.67. The lowest BCUT2D eigenvalue weighted by Gasteiger charge is -2.08. The van der Waals surface area contributed by atoms with Crippen molar-refractivity contribution in [2.24, 2.45) is 0 Å². The van der Waals surface area contributed by atoms with Crippen LogP contribution in [0.1, 0.15) is 17.3 Å². The Balaban J connectivity index is 1.60. The highest BCUT2D eigenvalue weighted by atomic mass is 79.9. The largest absolute Gasteiger partial charge is 0.507 e. The second-order valence-corrected chi connectivity index (χ2v) is 8.55. The number of thiazole rings is 1. The number of anilines is 1. The maximum atomic E-state index is 12.2. The zero-order chi connectivity index (χ0) is 19.4. The van der Waals surface area contributed by atoms with Crippen LogP contribution in [0.2, 0.25) is 0 Å². The zero-order valence-electron chi connectivity index (χ0n) is 14.2. The Hall–Kier alpha value is -2.10. The number of aromatic hydroxyl groups is 1. The van der Waals surface area contributed by atoms with Gasteiger partial charge in [-0.2, -0.15) is 0 Å². The Morgan fingerprint density at radius 3 is 2.85 bits per heavy atom. The van der Waals surface area contributed by atoms with E-state index >= 15 is 0 Å². The van der Waals surface area contributed by atoms with Crippen LogP contribution in [0, 0.1) is 0 Å². The van der Waals surface area contributed by atoms with Crippen molar-refractivity contribution >= 4 is 66.8 Å². The molecule has 27 heavy (non-hydrogen) atoms. The number of halogens is 1. The van der Waals surface area contributed by atoms with E-state index < -0.39 is 5.97 Å². The number of hydrogen-bond acceptors (Lipinski definition) is 7. The summed E-state index contributed by atoms with van der Waals surface area (Å²) in [6, 6.07) is 10.1. The van der Waals surface area contributed by atoms with Gasteiger partial charge in [-0.15, -0.1) is 11.3 Å². The molecule has 0 aliphatic heterocycles. The Bertz CT molecular complexity index is 1010. The molecule has 6 nitrogen and oxygen atoms in total. The summed E-state index contributed by atoms with van der Waals surface area (Å²) in [5, 5.41) is 12.6. The number of phenolic OH excluding ortho intramolecular Hbond substituents is 1. The molecule has 0 aliphatic carbocycles. The lowest BCUT2D eigenvalue weighted by Crippen LogP contribution is -2.14. The van der Waals surface area contributed by atoms with Crippen LogP contribution in [0.4, 0.5) is 5.69 Å². The summed E-state index contributed by atoms with van der Waals surface area (Å²) in [5.74, 6) is -0.897. The van der Waals surface area contributed by atoms with Crippen LogP contribution in [0.25, 0.3) is 10.2 Å². The van der Waals surface area contributed by atoms with E-state index in [1.165, 1.54) is 35.2 Å². The van der Waals surface area contributed by atoms with Gasteiger partial charge in [-0.05, 0) is 37.3 Å². The van der Waals surface area contributed by atoms with Crippen LogP contribution in [0.3, 0.4) is 0 Å². The van der Waals surface area contributed by atoms with Gasteiger partial charge in [0.1, 0.15) is 11.3 Å². The molecule has 0 aliphatic rings. The van der Waals surface area contributed by atoms with E-state index in [4.69, 9.17) is 4.74 Å². The summed E-state index contributed by atoms with van der Waals surface area (Å²) in [5.41, 5.74) is 1.36. The first-order valence-electron chi connectivity index (χ1n) is 7.95. The van der Waals surface area contributed by atoms with Crippen molar-refractivity contribution in [2.45, 2.75) is 11.3 Å². The molecule has 0 spiro atoms. The summed E-state index contributed by atoms with van der Waals surface area (Å²) in [6.07, 6.45) is 0. The van der Waals surface area contributed by atoms with Crippen molar-refractivity contribution in [1.82, 2.24) is 4.98 Å². The lowest BCUT2D eigenvalue weighted by molar-refractivity contribution is -0.113. The molecule has 1 heterocycles. The van der Waals surface area contributed by atoms with Gasteiger partial charge >= 0.3 is 5.97 Å². The molecule has 1 amide bonds. The van der Waals surface area contributed by atoms with Crippen molar-refractivity contribution in [1.29, 1.82) is 0 Å². The number of aromatic nitrogens is 1. The first kappa shape index (κ1) is 19.7. The number of nitrogens with zero attached hydrogens (tertiary/aromatic N) is 1. The third-order valence-electron chi connectivity index (χ3n) is 3.43. The number of rotatable bonds is 6. The topological polar surface area (TPSA) is 88.5 Å². The number of benzene rings is 2. The molecule has 9 heteroatoms. The molecular weight excluding hydrogens is 452 g/mol. The third-order valence-corrected chi connectivity index (χ3v) is 6.09. The maximum Gasteiger partial charge on any atom is 0.341 e. The molecular formula is C18H15BrN2O4S2. The van der Waals surface area contributed by atoms with Crippen molar-refractivity contribution in [3.05, 3.63) is 46.4 Å². The summed E-state index contributed by atoms with van der Waals surface area (Å²) < 4.78 is 7.69. The highest BCUT2D eigenvalue weighted by Gasteiger charge is 2.14. The summed E-state index contributed by atoms with van der Waals surface area (Å²) in [6.45, 7) is 1.90. The monoisotopic (exact) mass is 466 g/mol. The Morgan fingerprint density at radius 1 is 1.30 bits per heavy atom. The van der Waals surface area contributed by atoms with Gasteiger partial charge in [0, 0.05) is 16.2 Å². The summed E-state index contributed by atoms with van der Waals surface area (Å²) in [4.78, 5) is 28.3. The first-order chi connectivity index (χ1) is 13.0. The van der Waals surface area contributed by atoms with Crippen molar-refractivity contribution in [3.63, 3.8) is 0 Å². The van der Waals surface area contributed by atoms with E-state index in [0.29, 0.717) is 5.69 Å². The molecule has 3 rings (SSSR count). The van der Waals surface area contributed by atoms with Gasteiger partial charge < -0.3 is 15.2 Å². The molecule has 0 fully saturated rings. The standard InChI is InChI=1S/C18H15BrN2O4S2/c1-2-25-17(24)12-5-4-11(8-14(12)22)20-16(23)9-26-18-21-13-6-3-10(19)7-15(13)27-18/h3-8,22H,2,9H2,1H3,(H,20,23). The van der Waals surface area contributed by atoms with E-state index in [1.807, 2.05) is 18.2 Å². The summed E-state index contributed by atoms with van der Waals surface area (Å²) >= 11 is 6.29. The molecule has 2 aromatic carbocycles. The van der Waals surface area contributed by atoms with E-state index in [2.05, 4.69) is 26.2 Å². The first-order valence-corrected chi connectivity index (χ1v) is 10.5. The fourth-order valence-electron chi connectivity index (χ4n) is 2.25. The van der Waals surface area contributed by atoms with Crippen LogP contribution >= 0.6 is 39.0 Å². The molecule has 0 atom stereocenters. The lowest BCUT2D eigenvalue weighted by atomic mass is 10.2. The molecule has 0 saturated heterocycles. The number of thioether (sulfide) groups is 1. The van der Waals surface area contributed by atoms with Crippen LogP contribution in [0.15, 0.2) is 45.2 Å². The molecule has 0 bridgehead atoms. The molecule has 3 aromatic rings. The Morgan fingerprint density at radius 2 is 2.11 bits per heavy atom. The normalized spacial score (nSPS) is 10.7. The molecule has 2 N–H and O–H groups in total. The third kappa shape index (κ3) is 5.00. The number of amides is 1. The highest BCUT2D eigenvalue weighted by Crippen LogP contribution is 2.31. The maximum absolute atomic E-state index is 12.2. The van der Waals surface area contributed by atoms with E-state index in [-0.39, 0.29) is 29.6 Å². The molecule has 0 unspecified atom stereocenters. The zero-order valence-corrected chi connectivity index (χ0v) is 17.4. The number of carbonyl (C=O) groups excluding carboxylic acids is 2. The average Bonchev–Trinajstić information content (AvgIpc) is 3.02. The van der Waals surface area contributed by atoms with Gasteiger partial charge in [0.05, 0.1) is 22.6 Å². The van der Waals surface area contributed by atoms with Crippen LogP contribution in [-0.4, -0.2) is 34.3 Å². The minimum atomic E-state index is -0.606.